The molecule has 1 N–H and O–H groups in total. The van der Waals surface area contributed by atoms with Crippen molar-refractivity contribution in [3.8, 4) is 28.7 Å². The van der Waals surface area contributed by atoms with Crippen molar-refractivity contribution in [2.24, 2.45) is 11.8 Å². The van der Waals surface area contributed by atoms with E-state index < -0.39 is 5.92 Å². The molecule has 2 aliphatic heterocycles. The summed E-state index contributed by atoms with van der Waals surface area (Å²) in [4.78, 5) is 13.3. The monoisotopic (exact) mass is 537 g/mol. The highest BCUT2D eigenvalue weighted by Crippen LogP contribution is 2.55. The molecule has 3 aromatic rings. The summed E-state index contributed by atoms with van der Waals surface area (Å²) in [7, 11) is 4.73. The van der Waals surface area contributed by atoms with Crippen molar-refractivity contribution in [1.82, 2.24) is 5.32 Å². The maximum absolute atomic E-state index is 13.3. The standard InChI is InChI=1S/C29H28ClNO7/c1-33-23-8-16(9-24(34-2)28(23)35-3)25-18-10-21-22(38-14-37-21)11-19(18)27(20-13-36-29(32)26(20)25)31-12-15-4-6-17(30)7-5-15/h4-11,20,25-27,31H,12-14H2,1-3H3/t20-,25+,26-,27+/m0/s1. The summed E-state index contributed by atoms with van der Waals surface area (Å²) in [5, 5.41) is 4.38. The highest BCUT2D eigenvalue weighted by molar-refractivity contribution is 6.30. The van der Waals surface area contributed by atoms with Crippen molar-refractivity contribution >= 4 is 17.6 Å². The number of nitrogens with one attached hydrogen (secondary N) is 1. The van der Waals surface area contributed by atoms with E-state index in [2.05, 4.69) is 5.32 Å². The zero-order valence-corrected chi connectivity index (χ0v) is 22.0. The number of halogens is 1. The number of hydrogen-bond donors (Lipinski definition) is 1. The highest BCUT2D eigenvalue weighted by atomic mass is 35.5. The summed E-state index contributed by atoms with van der Waals surface area (Å²) in [6.07, 6.45) is 0. The van der Waals surface area contributed by atoms with Crippen LogP contribution in [0.15, 0.2) is 48.5 Å². The lowest BCUT2D eigenvalue weighted by atomic mass is 9.65. The molecule has 0 unspecified atom stereocenters. The minimum atomic E-state index is -0.423. The van der Waals surface area contributed by atoms with Crippen molar-refractivity contribution in [3.63, 3.8) is 0 Å². The Bertz CT molecular complexity index is 1350. The van der Waals surface area contributed by atoms with Crippen LogP contribution < -0.4 is 29.0 Å². The van der Waals surface area contributed by atoms with Gasteiger partial charge in [-0.05, 0) is 58.7 Å². The van der Waals surface area contributed by atoms with Gasteiger partial charge in [-0.15, -0.1) is 0 Å². The Hall–Kier alpha value is -3.62. The molecule has 9 heteroatoms. The van der Waals surface area contributed by atoms with Crippen LogP contribution in [0.2, 0.25) is 5.02 Å². The topological polar surface area (TPSA) is 84.5 Å². The van der Waals surface area contributed by atoms with E-state index in [4.69, 9.17) is 40.0 Å². The second-order valence-corrected chi connectivity index (χ2v) is 10.0. The molecule has 4 atom stereocenters. The van der Waals surface area contributed by atoms with Gasteiger partial charge in [0.05, 0.1) is 33.9 Å². The second kappa shape index (κ2) is 9.93. The summed E-state index contributed by atoms with van der Waals surface area (Å²) in [5.74, 6) is 1.81. The molecule has 0 saturated carbocycles. The second-order valence-electron chi connectivity index (χ2n) is 9.58. The van der Waals surface area contributed by atoms with Crippen LogP contribution in [0.3, 0.4) is 0 Å². The summed E-state index contributed by atoms with van der Waals surface area (Å²) in [5.41, 5.74) is 3.97. The van der Waals surface area contributed by atoms with Gasteiger partial charge in [0.1, 0.15) is 0 Å². The number of carbonyl (C=O) groups is 1. The molecule has 3 aliphatic rings. The van der Waals surface area contributed by atoms with E-state index in [1.165, 1.54) is 0 Å². The molecule has 2 heterocycles. The van der Waals surface area contributed by atoms with Gasteiger partial charge in [-0.25, -0.2) is 0 Å². The minimum Gasteiger partial charge on any atom is -0.493 e. The van der Waals surface area contributed by atoms with E-state index in [9.17, 15) is 4.79 Å². The quantitative estimate of drug-likeness (QED) is 0.428. The number of fused-ring (bicyclic) bond motifs is 3. The number of cyclic esters (lactones) is 1. The lowest BCUT2D eigenvalue weighted by Crippen LogP contribution is -2.40. The Morgan fingerprint density at radius 3 is 2.18 bits per heavy atom. The smallest absolute Gasteiger partial charge is 0.310 e. The van der Waals surface area contributed by atoms with Gasteiger partial charge in [-0.1, -0.05) is 23.7 Å². The van der Waals surface area contributed by atoms with Crippen LogP contribution in [-0.2, 0) is 16.1 Å². The van der Waals surface area contributed by atoms with E-state index in [1.54, 1.807) is 21.3 Å². The molecular weight excluding hydrogens is 510 g/mol. The number of ether oxygens (including phenoxy) is 6. The van der Waals surface area contributed by atoms with Crippen LogP contribution in [0, 0.1) is 11.8 Å². The zero-order chi connectivity index (χ0) is 26.4. The van der Waals surface area contributed by atoms with Crippen molar-refractivity contribution in [3.05, 3.63) is 75.8 Å². The van der Waals surface area contributed by atoms with Crippen molar-refractivity contribution in [2.45, 2.75) is 18.5 Å². The number of carbonyl (C=O) groups excluding carboxylic acids is 1. The van der Waals surface area contributed by atoms with E-state index >= 15 is 0 Å². The van der Waals surface area contributed by atoms with Gasteiger partial charge < -0.3 is 33.7 Å². The van der Waals surface area contributed by atoms with Crippen molar-refractivity contribution in [2.75, 3.05) is 34.7 Å². The molecule has 0 spiro atoms. The molecule has 0 amide bonds. The average molecular weight is 538 g/mol. The largest absolute Gasteiger partial charge is 0.493 e. The van der Waals surface area contributed by atoms with Crippen LogP contribution in [0.25, 0.3) is 0 Å². The Morgan fingerprint density at radius 1 is 0.895 bits per heavy atom. The average Bonchev–Trinajstić information content (AvgIpc) is 3.56. The first-order chi connectivity index (χ1) is 18.5. The van der Waals surface area contributed by atoms with Crippen LogP contribution in [0.1, 0.15) is 34.2 Å². The van der Waals surface area contributed by atoms with E-state index in [1.807, 2.05) is 48.5 Å². The first-order valence-electron chi connectivity index (χ1n) is 12.4. The predicted molar refractivity (Wildman–Crippen MR) is 139 cm³/mol. The Morgan fingerprint density at radius 2 is 1.55 bits per heavy atom. The molecule has 38 heavy (non-hydrogen) atoms. The lowest BCUT2D eigenvalue weighted by molar-refractivity contribution is -0.141. The molecule has 0 aromatic heterocycles. The van der Waals surface area contributed by atoms with Crippen LogP contribution in [0.4, 0.5) is 0 Å². The lowest BCUT2D eigenvalue weighted by Gasteiger charge is -2.39. The Balaban J connectivity index is 1.49. The normalized spacial score (nSPS) is 22.9. The first-order valence-corrected chi connectivity index (χ1v) is 12.8. The summed E-state index contributed by atoms with van der Waals surface area (Å²) < 4.78 is 34.0. The van der Waals surface area contributed by atoms with Gasteiger partial charge >= 0.3 is 5.97 Å². The number of methoxy groups -OCH3 is 3. The Labute approximate surface area is 225 Å². The number of esters is 1. The molecule has 1 saturated heterocycles. The maximum atomic E-state index is 13.3. The minimum absolute atomic E-state index is 0.105. The van der Waals surface area contributed by atoms with E-state index in [0.717, 1.165) is 22.3 Å². The number of benzene rings is 3. The highest BCUT2D eigenvalue weighted by Gasteiger charge is 2.52. The van der Waals surface area contributed by atoms with Crippen LogP contribution in [-0.4, -0.2) is 40.7 Å². The maximum Gasteiger partial charge on any atom is 0.310 e. The van der Waals surface area contributed by atoms with Gasteiger partial charge in [-0.2, -0.15) is 0 Å². The summed E-state index contributed by atoms with van der Waals surface area (Å²) in [6.45, 7) is 1.07. The summed E-state index contributed by atoms with van der Waals surface area (Å²) in [6, 6.07) is 15.4. The fourth-order valence-electron chi connectivity index (χ4n) is 5.94. The van der Waals surface area contributed by atoms with Gasteiger partial charge in [-0.3, -0.25) is 4.79 Å². The third-order valence-corrected chi connectivity index (χ3v) is 7.92. The van der Waals surface area contributed by atoms with Gasteiger partial charge in [0.15, 0.2) is 23.0 Å². The third-order valence-electron chi connectivity index (χ3n) is 7.67. The number of hydrogen-bond acceptors (Lipinski definition) is 8. The third kappa shape index (κ3) is 4.08. The molecule has 0 radical (unpaired) electrons. The molecule has 1 aliphatic carbocycles. The molecule has 3 aromatic carbocycles. The van der Waals surface area contributed by atoms with Crippen LogP contribution in [0.5, 0.6) is 28.7 Å². The Kier molecular flexibility index (Phi) is 6.45. The molecule has 1 fully saturated rings. The van der Waals surface area contributed by atoms with Gasteiger partial charge in [0.2, 0.25) is 12.5 Å². The predicted octanol–water partition coefficient (Wildman–Crippen LogP) is 4.86. The van der Waals surface area contributed by atoms with Crippen LogP contribution >= 0.6 is 11.6 Å². The fourth-order valence-corrected chi connectivity index (χ4v) is 6.06. The SMILES string of the molecule is COc1cc([C@@H]2c3cc4c(cc3[C@@H](NCc3ccc(Cl)cc3)[C@H]3COC(=O)[C@H]23)OCO4)cc(OC)c1OC. The summed E-state index contributed by atoms with van der Waals surface area (Å²) >= 11 is 6.08. The van der Waals surface area contributed by atoms with Gasteiger partial charge in [0, 0.05) is 29.4 Å². The first kappa shape index (κ1) is 24.7. The van der Waals surface area contributed by atoms with Crippen molar-refractivity contribution < 1.29 is 33.2 Å². The van der Waals surface area contributed by atoms with E-state index in [-0.39, 0.29) is 30.6 Å². The molecule has 198 valence electrons. The zero-order valence-electron chi connectivity index (χ0n) is 21.3. The molecule has 8 nitrogen and oxygen atoms in total. The number of rotatable bonds is 7. The molecule has 0 bridgehead atoms. The van der Waals surface area contributed by atoms with Crippen molar-refractivity contribution in [1.29, 1.82) is 0 Å². The van der Waals surface area contributed by atoms with E-state index in [0.29, 0.717) is 46.9 Å². The fraction of sp³-hybridized carbons (Fsp3) is 0.345. The van der Waals surface area contributed by atoms with Gasteiger partial charge in [0.25, 0.3) is 0 Å². The molecule has 6 rings (SSSR count). The molecular formula is C29H28ClNO7.